The van der Waals surface area contributed by atoms with Crippen molar-refractivity contribution in [2.75, 3.05) is 12.3 Å². The van der Waals surface area contributed by atoms with Crippen molar-refractivity contribution in [1.29, 1.82) is 0 Å². The number of rotatable bonds is 7. The number of imidazole rings is 1. The maximum atomic E-state index is 12.5. The number of aliphatic hydroxyl groups excluding tert-OH is 2. The Morgan fingerprint density at radius 2 is 1.75 bits per heavy atom. The van der Waals surface area contributed by atoms with Crippen molar-refractivity contribution < 1.29 is 23.9 Å². The summed E-state index contributed by atoms with van der Waals surface area (Å²) in [6.45, 7) is -2.37. The van der Waals surface area contributed by atoms with E-state index < -0.39 is 37.4 Å². The molecule has 1 amide bonds. The second-order valence-corrected chi connectivity index (χ2v) is 9.31. The normalized spacial score (nSPS) is 21.9. The van der Waals surface area contributed by atoms with Gasteiger partial charge in [0.25, 0.3) is 5.91 Å². The highest BCUT2D eigenvalue weighted by Crippen LogP contribution is 2.34. The highest BCUT2D eigenvalue weighted by atomic mass is 16.6. The summed E-state index contributed by atoms with van der Waals surface area (Å²) in [6, 6.07) is 21.3. The van der Waals surface area contributed by atoms with Gasteiger partial charge in [0.1, 0.15) is 12.2 Å². The van der Waals surface area contributed by atoms with Crippen LogP contribution in [0.2, 0.25) is 0 Å². The smallest absolute Gasteiger partial charge is 0.251 e. The summed E-state index contributed by atoms with van der Waals surface area (Å²) in [4.78, 5) is 30.9. The molecule has 11 nitrogen and oxygen atoms in total. The zero-order valence-electron chi connectivity index (χ0n) is 24.0. The molecule has 3 aromatic heterocycles. The van der Waals surface area contributed by atoms with Gasteiger partial charge in [-0.25, -0.2) is 15.0 Å². The van der Waals surface area contributed by atoms with E-state index >= 15 is 0 Å². The first kappa shape index (κ1) is 22.1. The molecule has 4 N–H and O–H groups in total. The van der Waals surface area contributed by atoms with Crippen molar-refractivity contribution in [2.24, 2.45) is 0 Å². The predicted molar refractivity (Wildman–Crippen MR) is 148 cm³/mol. The van der Waals surface area contributed by atoms with Crippen LogP contribution in [0.25, 0.3) is 33.7 Å². The van der Waals surface area contributed by atoms with Gasteiger partial charge in [-0.3, -0.25) is 14.3 Å². The van der Waals surface area contributed by atoms with Gasteiger partial charge in [0.05, 0.1) is 6.33 Å². The third kappa shape index (κ3) is 4.77. The summed E-state index contributed by atoms with van der Waals surface area (Å²) in [5.74, 6) is -0.375. The van der Waals surface area contributed by atoms with Crippen LogP contribution in [0.5, 0.6) is 0 Å². The van der Waals surface area contributed by atoms with Gasteiger partial charge in [0, 0.05) is 41.2 Å². The highest BCUT2D eigenvalue weighted by Gasteiger charge is 2.47. The Kier molecular flexibility index (Phi) is 5.98. The molecular formula is C29H27N7O4. The van der Waals surface area contributed by atoms with Gasteiger partial charge in [-0.1, -0.05) is 60.7 Å². The quantitative estimate of drug-likeness (QED) is 0.244. The molecule has 6 rings (SSSR count). The number of carbonyl (C=O) groups is 1. The molecule has 1 fully saturated rings. The molecule has 202 valence electrons. The molecule has 1 aliphatic heterocycles. The lowest BCUT2D eigenvalue weighted by Gasteiger charge is -2.17. The molecule has 0 unspecified atom stereocenters. The van der Waals surface area contributed by atoms with Gasteiger partial charge in [-0.2, -0.15) is 0 Å². The van der Waals surface area contributed by atoms with Crippen LogP contribution in [-0.4, -0.2) is 65.9 Å². The summed E-state index contributed by atoms with van der Waals surface area (Å²) in [5.41, 5.74) is 4.04. The van der Waals surface area contributed by atoms with Crippen molar-refractivity contribution in [3.05, 3.63) is 91.0 Å². The fourth-order valence-corrected chi connectivity index (χ4v) is 4.66. The molecule has 0 radical (unpaired) electrons. The van der Waals surface area contributed by atoms with Gasteiger partial charge in [-0.05, 0) is 17.2 Å². The number of fused-ring (bicyclic) bond motifs is 1. The number of ether oxygens (including phenoxy) is 1. The Morgan fingerprint density at radius 3 is 2.52 bits per heavy atom. The van der Waals surface area contributed by atoms with Crippen molar-refractivity contribution in [2.45, 2.75) is 31.1 Å². The number of benzene rings is 2. The number of aromatic nitrogens is 5. The van der Waals surface area contributed by atoms with E-state index in [4.69, 9.17) is 18.8 Å². The number of likely N-dealkylation sites (N-methyl/N-ethyl adjacent to an activating group) is 1. The number of hydrogen-bond acceptors (Lipinski definition) is 9. The average molecular weight is 541 g/mol. The summed E-state index contributed by atoms with van der Waals surface area (Å²) >= 11 is 0. The molecule has 40 heavy (non-hydrogen) atoms. The molecule has 4 atom stereocenters. The summed E-state index contributed by atoms with van der Waals surface area (Å²) in [7, 11) is 0. The minimum Gasteiger partial charge on any atom is -0.387 e. The summed E-state index contributed by atoms with van der Waals surface area (Å²) in [5, 5.41) is 26.6. The Morgan fingerprint density at radius 1 is 1.00 bits per heavy atom. The van der Waals surface area contributed by atoms with E-state index in [1.807, 2.05) is 66.7 Å². The van der Waals surface area contributed by atoms with Crippen molar-refractivity contribution >= 4 is 22.9 Å². The van der Waals surface area contributed by atoms with Gasteiger partial charge in [0.15, 0.2) is 35.1 Å². The monoisotopic (exact) mass is 540 g/mol. The number of carbonyl (C=O) groups excluding carboxylic acids is 1. The van der Waals surface area contributed by atoms with Crippen LogP contribution in [-0.2, 0) is 16.1 Å². The lowest BCUT2D eigenvalue weighted by Crippen LogP contribution is -2.41. The molecule has 0 spiro atoms. The molecule has 0 saturated carbocycles. The number of pyridine rings is 1. The number of hydrogen-bond donors (Lipinski definition) is 4. The van der Waals surface area contributed by atoms with Crippen LogP contribution < -0.4 is 10.6 Å². The number of anilines is 1. The summed E-state index contributed by atoms with van der Waals surface area (Å²) < 4.78 is 29.0. The summed E-state index contributed by atoms with van der Waals surface area (Å²) in [6.07, 6.45) is -1.49. The van der Waals surface area contributed by atoms with Crippen molar-refractivity contribution in [3.8, 4) is 22.5 Å². The van der Waals surface area contributed by atoms with Gasteiger partial charge >= 0.3 is 0 Å². The second-order valence-electron chi connectivity index (χ2n) is 9.31. The molecule has 0 aliphatic carbocycles. The Balaban J connectivity index is 1.41. The number of amides is 1. The average Bonchev–Trinajstić information content (AvgIpc) is 3.56. The molecule has 11 heteroatoms. The van der Waals surface area contributed by atoms with Crippen LogP contribution in [0, 0.1) is 0 Å². The van der Waals surface area contributed by atoms with Crippen LogP contribution in [0.15, 0.2) is 85.5 Å². The van der Waals surface area contributed by atoms with Gasteiger partial charge < -0.3 is 25.6 Å². The molecular weight excluding hydrogens is 510 g/mol. The Bertz CT molecular complexity index is 1750. The van der Waals surface area contributed by atoms with E-state index in [9.17, 15) is 15.0 Å². The molecule has 1 aliphatic rings. The Labute approximate surface area is 233 Å². The first-order valence-corrected chi connectivity index (χ1v) is 12.5. The fraction of sp³-hybridized carbons (Fsp3) is 0.207. The first-order chi connectivity index (χ1) is 20.7. The molecule has 2 aromatic carbocycles. The fourth-order valence-electron chi connectivity index (χ4n) is 4.66. The number of nitrogens with one attached hydrogen (secondary N) is 2. The lowest BCUT2D eigenvalue weighted by atomic mass is 10.1. The largest absolute Gasteiger partial charge is 0.387 e. The van der Waals surface area contributed by atoms with Crippen molar-refractivity contribution in [3.63, 3.8) is 0 Å². The molecule has 1 saturated heterocycles. The third-order valence-corrected chi connectivity index (χ3v) is 6.72. The zero-order chi connectivity index (χ0) is 30.1. The molecule has 0 bridgehead atoms. The highest BCUT2D eigenvalue weighted by molar-refractivity contribution is 5.86. The second kappa shape index (κ2) is 10.8. The van der Waals surface area contributed by atoms with E-state index in [1.165, 1.54) is 10.9 Å². The van der Waals surface area contributed by atoms with Crippen LogP contribution in [0.1, 0.15) is 15.9 Å². The standard InChI is InChI=1S/C29H27N7O4/c1-30-28(39)24-22(37)23(38)29(40-24)36-16-33-21-26(32-13-17-8-4-2-5-9-17)34-25(35-27(21)36)20-12-19(14-31-15-20)18-10-6-3-7-11-18/h2-12,14-16,22-24,29,37-38H,13H2,1H3,(H,30,39)(H,32,34,35)/t22-,23+,24-,29+/m0/s1/i1D3. The molecule has 5 aromatic rings. The third-order valence-electron chi connectivity index (χ3n) is 6.72. The van der Waals surface area contributed by atoms with E-state index in [-0.39, 0.29) is 5.65 Å². The van der Waals surface area contributed by atoms with Crippen LogP contribution in [0.3, 0.4) is 0 Å². The maximum Gasteiger partial charge on any atom is 0.251 e. The van der Waals surface area contributed by atoms with E-state index in [0.29, 0.717) is 29.3 Å². The minimum absolute atomic E-state index is 0.249. The van der Waals surface area contributed by atoms with E-state index in [1.54, 1.807) is 17.7 Å². The predicted octanol–water partition coefficient (Wildman–Crippen LogP) is 2.53. The van der Waals surface area contributed by atoms with Crippen LogP contribution >= 0.6 is 0 Å². The molecule has 4 heterocycles. The van der Waals surface area contributed by atoms with Gasteiger partial charge in [-0.15, -0.1) is 0 Å². The zero-order valence-corrected chi connectivity index (χ0v) is 21.0. The number of aliphatic hydroxyl groups is 2. The van der Waals surface area contributed by atoms with Gasteiger partial charge in [0.2, 0.25) is 0 Å². The SMILES string of the molecule is [2H]C([2H])([2H])NC(=O)[C@H]1O[C@@H](n2cnc3c(NCc4ccccc4)nc(-c4cncc(-c5ccccc5)c4)nc32)[C@H](O)[C@@H]1O. The van der Waals surface area contributed by atoms with E-state index in [2.05, 4.69) is 15.3 Å². The first-order valence-electron chi connectivity index (χ1n) is 14.0. The topological polar surface area (TPSA) is 147 Å². The van der Waals surface area contributed by atoms with E-state index in [0.717, 1.165) is 16.7 Å². The minimum atomic E-state index is -2.80. The lowest BCUT2D eigenvalue weighted by molar-refractivity contribution is -0.137. The Hall–Kier alpha value is -4.71. The number of nitrogens with zero attached hydrogens (tertiary/aromatic N) is 5. The van der Waals surface area contributed by atoms with Crippen LogP contribution in [0.4, 0.5) is 5.82 Å². The van der Waals surface area contributed by atoms with Crippen molar-refractivity contribution in [1.82, 2.24) is 29.8 Å². The maximum absolute atomic E-state index is 12.5.